The van der Waals surface area contributed by atoms with E-state index in [1.807, 2.05) is 13.0 Å². The zero-order valence-corrected chi connectivity index (χ0v) is 14.5. The molecule has 1 nitrogen and oxygen atoms in total. The Morgan fingerprint density at radius 3 is 2.10 bits per heavy atom. The minimum atomic E-state index is 0.300. The Balaban J connectivity index is 4.81. The summed E-state index contributed by atoms with van der Waals surface area (Å²) >= 11 is 0. The van der Waals surface area contributed by atoms with E-state index in [0.717, 1.165) is 12.3 Å². The maximum atomic E-state index is 11.8. The van der Waals surface area contributed by atoms with Gasteiger partial charge in [-0.15, -0.1) is 0 Å². The number of hydrogen-bond donors (Lipinski definition) is 0. The highest BCUT2D eigenvalue weighted by atomic mass is 16.1. The van der Waals surface area contributed by atoms with Gasteiger partial charge in [0.25, 0.3) is 0 Å². The second-order valence-electron chi connectivity index (χ2n) is 6.23. The molecular weight excluding hydrogens is 244 g/mol. The van der Waals surface area contributed by atoms with Crippen LogP contribution in [0.3, 0.4) is 0 Å². The Morgan fingerprint density at radius 1 is 0.950 bits per heavy atom. The second-order valence-corrected chi connectivity index (χ2v) is 6.23. The van der Waals surface area contributed by atoms with Gasteiger partial charge in [0.2, 0.25) is 0 Å². The number of allylic oxidation sites excluding steroid dienone is 2. The Bertz CT molecular complexity index is 277. The van der Waals surface area contributed by atoms with E-state index < -0.39 is 0 Å². The monoisotopic (exact) mass is 280 g/mol. The van der Waals surface area contributed by atoms with E-state index in [9.17, 15) is 4.79 Å². The van der Waals surface area contributed by atoms with Gasteiger partial charge in [-0.05, 0) is 30.8 Å². The Labute approximate surface area is 127 Å². The van der Waals surface area contributed by atoms with Crippen molar-refractivity contribution in [1.82, 2.24) is 0 Å². The molecule has 0 spiro atoms. The zero-order valence-electron chi connectivity index (χ0n) is 14.5. The fraction of sp³-hybridized carbons (Fsp3) is 0.842. The van der Waals surface area contributed by atoms with Crippen LogP contribution >= 0.6 is 0 Å². The third-order valence-electron chi connectivity index (χ3n) is 4.24. The topological polar surface area (TPSA) is 17.1 Å². The van der Waals surface area contributed by atoms with Gasteiger partial charge in [0.1, 0.15) is 0 Å². The lowest BCUT2D eigenvalue weighted by atomic mass is 9.83. The molecule has 0 heterocycles. The summed E-state index contributed by atoms with van der Waals surface area (Å²) in [6.45, 7) is 11.0. The molecule has 0 aliphatic rings. The van der Waals surface area contributed by atoms with Crippen LogP contribution in [0.1, 0.15) is 92.4 Å². The van der Waals surface area contributed by atoms with Gasteiger partial charge in [0.05, 0.1) is 0 Å². The van der Waals surface area contributed by atoms with Crippen molar-refractivity contribution in [2.75, 3.05) is 0 Å². The van der Waals surface area contributed by atoms with E-state index in [2.05, 4.69) is 27.7 Å². The first-order valence-electron chi connectivity index (χ1n) is 8.82. The average molecular weight is 280 g/mol. The number of hydrogen-bond acceptors (Lipinski definition) is 1. The van der Waals surface area contributed by atoms with Gasteiger partial charge in [-0.1, -0.05) is 78.7 Å². The lowest BCUT2D eigenvalue weighted by Gasteiger charge is -2.22. The fourth-order valence-electron chi connectivity index (χ4n) is 2.91. The molecule has 0 aromatic heterocycles. The summed E-state index contributed by atoms with van der Waals surface area (Å²) in [6.07, 6.45) is 12.6. The molecule has 1 heteroatoms. The summed E-state index contributed by atoms with van der Waals surface area (Å²) in [4.78, 5) is 11.8. The second kappa shape index (κ2) is 12.2. The summed E-state index contributed by atoms with van der Waals surface area (Å²) in [5.41, 5.74) is 1.41. The third-order valence-corrected chi connectivity index (χ3v) is 4.24. The molecule has 0 saturated heterocycles. The molecule has 0 aromatic carbocycles. The van der Waals surface area contributed by atoms with Gasteiger partial charge in [-0.3, -0.25) is 4.79 Å². The number of unbranched alkanes of at least 4 members (excludes halogenated alkanes) is 1. The highest BCUT2D eigenvalue weighted by molar-refractivity contribution is 5.90. The van der Waals surface area contributed by atoms with Gasteiger partial charge in [-0.2, -0.15) is 0 Å². The predicted molar refractivity (Wildman–Crippen MR) is 90.0 cm³/mol. The molecule has 0 rings (SSSR count). The first kappa shape index (κ1) is 19.4. The van der Waals surface area contributed by atoms with Crippen molar-refractivity contribution in [3.63, 3.8) is 0 Å². The molecule has 0 aromatic rings. The summed E-state index contributed by atoms with van der Waals surface area (Å²) in [6, 6.07) is 0. The molecule has 0 radical (unpaired) electrons. The van der Waals surface area contributed by atoms with Crippen LogP contribution in [0.25, 0.3) is 0 Å². The van der Waals surface area contributed by atoms with Crippen LogP contribution in [-0.4, -0.2) is 5.78 Å². The van der Waals surface area contributed by atoms with Crippen LogP contribution in [0.4, 0.5) is 0 Å². The first-order valence-corrected chi connectivity index (χ1v) is 8.82. The van der Waals surface area contributed by atoms with Crippen LogP contribution < -0.4 is 0 Å². The van der Waals surface area contributed by atoms with Crippen LogP contribution in [0.5, 0.6) is 0 Å². The van der Waals surface area contributed by atoms with Crippen molar-refractivity contribution >= 4 is 5.78 Å². The smallest absolute Gasteiger partial charge is 0.155 e. The average Bonchev–Trinajstić information content (AvgIpc) is 2.44. The van der Waals surface area contributed by atoms with Crippen LogP contribution in [-0.2, 0) is 4.79 Å². The Hall–Kier alpha value is -0.590. The standard InChI is InChI=1S/C19H36O/c1-6-10-13-17(12-8-3)14-18(15-19(20)9-4)16(5)11-7-2/h15-17H,6-14H2,1-5H3/b18-15-. The lowest BCUT2D eigenvalue weighted by molar-refractivity contribution is -0.114. The molecule has 0 aliphatic carbocycles. The molecule has 0 bridgehead atoms. The third kappa shape index (κ3) is 8.55. The normalized spacial score (nSPS) is 15.2. The summed E-state index contributed by atoms with van der Waals surface area (Å²) in [5, 5.41) is 0. The number of carbonyl (C=O) groups excluding carboxylic acids is 1. The van der Waals surface area contributed by atoms with Gasteiger partial charge in [-0.25, -0.2) is 0 Å². The lowest BCUT2D eigenvalue weighted by Crippen LogP contribution is -2.09. The van der Waals surface area contributed by atoms with Crippen molar-refractivity contribution in [3.05, 3.63) is 11.6 Å². The summed E-state index contributed by atoms with van der Waals surface area (Å²) in [7, 11) is 0. The minimum Gasteiger partial charge on any atom is -0.295 e. The highest BCUT2D eigenvalue weighted by Gasteiger charge is 2.15. The fourth-order valence-corrected chi connectivity index (χ4v) is 2.91. The molecular formula is C19H36O. The highest BCUT2D eigenvalue weighted by Crippen LogP contribution is 2.29. The molecule has 118 valence electrons. The molecule has 0 fully saturated rings. The van der Waals surface area contributed by atoms with Crippen molar-refractivity contribution in [3.8, 4) is 0 Å². The van der Waals surface area contributed by atoms with Crippen molar-refractivity contribution in [2.24, 2.45) is 11.8 Å². The Kier molecular flexibility index (Phi) is 11.8. The van der Waals surface area contributed by atoms with Crippen LogP contribution in [0.15, 0.2) is 11.6 Å². The maximum Gasteiger partial charge on any atom is 0.155 e. The van der Waals surface area contributed by atoms with Gasteiger partial charge < -0.3 is 0 Å². The van der Waals surface area contributed by atoms with Crippen molar-refractivity contribution in [1.29, 1.82) is 0 Å². The van der Waals surface area contributed by atoms with Crippen LogP contribution in [0.2, 0.25) is 0 Å². The van der Waals surface area contributed by atoms with E-state index in [-0.39, 0.29) is 0 Å². The molecule has 0 saturated carbocycles. The molecule has 20 heavy (non-hydrogen) atoms. The molecule has 2 atom stereocenters. The van der Waals surface area contributed by atoms with E-state index in [0.29, 0.717) is 18.1 Å². The largest absolute Gasteiger partial charge is 0.295 e. The molecule has 0 amide bonds. The molecule has 2 unspecified atom stereocenters. The van der Waals surface area contributed by atoms with E-state index in [4.69, 9.17) is 0 Å². The van der Waals surface area contributed by atoms with Crippen molar-refractivity contribution in [2.45, 2.75) is 92.4 Å². The number of rotatable bonds is 12. The first-order chi connectivity index (χ1) is 9.58. The van der Waals surface area contributed by atoms with E-state index >= 15 is 0 Å². The zero-order chi connectivity index (χ0) is 15.4. The summed E-state index contributed by atoms with van der Waals surface area (Å²) in [5.74, 6) is 1.64. The summed E-state index contributed by atoms with van der Waals surface area (Å²) < 4.78 is 0. The van der Waals surface area contributed by atoms with E-state index in [1.165, 1.54) is 50.5 Å². The van der Waals surface area contributed by atoms with Crippen molar-refractivity contribution < 1.29 is 4.79 Å². The minimum absolute atomic E-state index is 0.300. The number of carbonyl (C=O) groups is 1. The Morgan fingerprint density at radius 2 is 1.60 bits per heavy atom. The van der Waals surface area contributed by atoms with Gasteiger partial charge in [0.15, 0.2) is 5.78 Å². The van der Waals surface area contributed by atoms with Crippen LogP contribution in [0, 0.1) is 11.8 Å². The van der Waals surface area contributed by atoms with E-state index in [1.54, 1.807) is 0 Å². The molecule has 0 N–H and O–H groups in total. The van der Waals surface area contributed by atoms with Gasteiger partial charge in [0, 0.05) is 6.42 Å². The molecule has 0 aliphatic heterocycles. The SMILES string of the molecule is CCCCC(CCC)C/C(=C/C(=O)CC)C(C)CCC. The van der Waals surface area contributed by atoms with Gasteiger partial charge >= 0.3 is 0 Å². The quantitative estimate of drug-likeness (QED) is 0.382. The predicted octanol–water partition coefficient (Wildman–Crippen LogP) is 6.32. The number of ketones is 1. The maximum absolute atomic E-state index is 11.8.